The summed E-state index contributed by atoms with van der Waals surface area (Å²) in [6, 6.07) is 1.54. The van der Waals surface area contributed by atoms with Crippen molar-refractivity contribution in [3.8, 4) is 11.5 Å². The van der Waals surface area contributed by atoms with Gasteiger partial charge in [0.25, 0.3) is 0 Å². The Balaban J connectivity index is 2.63. The molecular weight excluding hydrogens is 352 g/mol. The average Bonchev–Trinajstić information content (AvgIpc) is 2.61. The van der Waals surface area contributed by atoms with Crippen molar-refractivity contribution in [2.75, 3.05) is 20.8 Å². The molecule has 2 atom stereocenters. The predicted molar refractivity (Wildman–Crippen MR) is 89.2 cm³/mol. The summed E-state index contributed by atoms with van der Waals surface area (Å²) in [5.41, 5.74) is 5.05. The van der Waals surface area contributed by atoms with Crippen LogP contribution in [0.3, 0.4) is 0 Å². The molecule has 2 rings (SSSR count). The normalized spacial score (nSPS) is 13.4. The molecule has 8 heteroatoms. The minimum absolute atomic E-state index is 0.205. The molecule has 0 aromatic heterocycles. The molecule has 0 spiro atoms. The van der Waals surface area contributed by atoms with Crippen LogP contribution in [0.15, 0.2) is 24.3 Å². The SMILES string of the molecule is CCNC(c1c(F)ccc(OC)c1F)C(N)c1c(F)ccc(OC)c1F. The fraction of sp³-hybridized carbons (Fsp3) is 0.333. The van der Waals surface area contributed by atoms with E-state index in [0.29, 0.717) is 0 Å². The highest BCUT2D eigenvalue weighted by atomic mass is 19.1. The third-order valence-corrected chi connectivity index (χ3v) is 4.05. The Kier molecular flexibility index (Phi) is 6.44. The van der Waals surface area contributed by atoms with Gasteiger partial charge in [0.05, 0.1) is 26.3 Å². The number of benzene rings is 2. The van der Waals surface area contributed by atoms with Crippen molar-refractivity contribution in [3.63, 3.8) is 0 Å². The van der Waals surface area contributed by atoms with Gasteiger partial charge in [-0.05, 0) is 30.8 Å². The quantitative estimate of drug-likeness (QED) is 0.729. The Hall–Kier alpha value is -2.32. The topological polar surface area (TPSA) is 56.5 Å². The van der Waals surface area contributed by atoms with E-state index in [4.69, 9.17) is 15.2 Å². The summed E-state index contributed by atoms with van der Waals surface area (Å²) in [7, 11) is 2.44. The molecule has 0 radical (unpaired) electrons. The number of ether oxygens (including phenoxy) is 2. The van der Waals surface area contributed by atoms with Crippen LogP contribution in [-0.4, -0.2) is 20.8 Å². The van der Waals surface area contributed by atoms with Crippen LogP contribution in [0.5, 0.6) is 11.5 Å². The Morgan fingerprint density at radius 3 is 1.81 bits per heavy atom. The smallest absolute Gasteiger partial charge is 0.172 e. The minimum Gasteiger partial charge on any atom is -0.494 e. The molecule has 3 N–H and O–H groups in total. The van der Waals surface area contributed by atoms with Gasteiger partial charge in [0.1, 0.15) is 11.6 Å². The van der Waals surface area contributed by atoms with Gasteiger partial charge in [-0.15, -0.1) is 0 Å². The van der Waals surface area contributed by atoms with E-state index in [9.17, 15) is 17.6 Å². The number of likely N-dealkylation sites (N-methyl/N-ethyl adjacent to an activating group) is 1. The first kappa shape index (κ1) is 20.0. The average molecular weight is 372 g/mol. The Bertz CT molecular complexity index is 786. The maximum Gasteiger partial charge on any atom is 0.172 e. The summed E-state index contributed by atoms with van der Waals surface area (Å²) in [6.45, 7) is 1.93. The van der Waals surface area contributed by atoms with Gasteiger partial charge in [-0.25, -0.2) is 17.6 Å². The molecule has 0 saturated heterocycles. The lowest BCUT2D eigenvalue weighted by Gasteiger charge is -2.27. The highest BCUT2D eigenvalue weighted by Gasteiger charge is 2.32. The maximum absolute atomic E-state index is 14.7. The second-order valence-electron chi connectivity index (χ2n) is 5.52. The van der Waals surface area contributed by atoms with Gasteiger partial charge in [0, 0.05) is 11.1 Å². The van der Waals surface area contributed by atoms with Crippen molar-refractivity contribution < 1.29 is 27.0 Å². The Morgan fingerprint density at radius 2 is 1.35 bits per heavy atom. The fourth-order valence-electron chi connectivity index (χ4n) is 2.80. The zero-order chi connectivity index (χ0) is 19.4. The molecule has 0 saturated carbocycles. The van der Waals surface area contributed by atoms with Crippen LogP contribution < -0.4 is 20.5 Å². The number of halogens is 4. The molecule has 0 amide bonds. The molecular formula is C18H20F4N2O2. The number of nitrogens with two attached hydrogens (primary N) is 1. The van der Waals surface area contributed by atoms with Gasteiger partial charge in [-0.3, -0.25) is 0 Å². The van der Waals surface area contributed by atoms with Gasteiger partial charge in [-0.2, -0.15) is 0 Å². The fourth-order valence-corrected chi connectivity index (χ4v) is 2.80. The summed E-state index contributed by atoms with van der Waals surface area (Å²) < 4.78 is 67.5. The monoisotopic (exact) mass is 372 g/mol. The number of rotatable bonds is 7. The second-order valence-corrected chi connectivity index (χ2v) is 5.52. The van der Waals surface area contributed by atoms with Crippen molar-refractivity contribution in [2.24, 2.45) is 5.73 Å². The lowest BCUT2D eigenvalue weighted by atomic mass is 9.92. The molecule has 2 aromatic rings. The van der Waals surface area contributed by atoms with Crippen molar-refractivity contribution >= 4 is 0 Å². The van der Waals surface area contributed by atoms with E-state index < -0.39 is 46.5 Å². The van der Waals surface area contributed by atoms with Crippen LogP contribution in [0, 0.1) is 23.3 Å². The van der Waals surface area contributed by atoms with Crippen LogP contribution in [0.4, 0.5) is 17.6 Å². The number of hydrogen-bond donors (Lipinski definition) is 2. The molecule has 142 valence electrons. The third kappa shape index (κ3) is 3.61. The molecule has 0 heterocycles. The van der Waals surface area contributed by atoms with E-state index in [2.05, 4.69) is 5.32 Å². The van der Waals surface area contributed by atoms with Gasteiger partial charge in [-0.1, -0.05) is 6.92 Å². The molecule has 4 nitrogen and oxygen atoms in total. The largest absolute Gasteiger partial charge is 0.494 e. The first-order chi connectivity index (χ1) is 12.4. The predicted octanol–water partition coefficient (Wildman–Crippen LogP) is 3.61. The molecule has 26 heavy (non-hydrogen) atoms. The molecule has 0 aliphatic carbocycles. The van der Waals surface area contributed by atoms with Crippen molar-refractivity contribution in [1.29, 1.82) is 0 Å². The second kappa shape index (κ2) is 8.37. The zero-order valence-corrected chi connectivity index (χ0v) is 14.6. The van der Waals surface area contributed by atoms with E-state index in [1.165, 1.54) is 14.2 Å². The third-order valence-electron chi connectivity index (χ3n) is 4.05. The van der Waals surface area contributed by atoms with Crippen LogP contribution in [0.1, 0.15) is 30.1 Å². The van der Waals surface area contributed by atoms with E-state index in [1.807, 2.05) is 0 Å². The number of nitrogens with one attached hydrogen (secondary N) is 1. The first-order valence-corrected chi connectivity index (χ1v) is 7.90. The Labute approximate surface area is 148 Å². The molecule has 2 unspecified atom stereocenters. The van der Waals surface area contributed by atoms with Crippen LogP contribution in [0.25, 0.3) is 0 Å². The van der Waals surface area contributed by atoms with E-state index in [1.54, 1.807) is 6.92 Å². The van der Waals surface area contributed by atoms with Crippen molar-refractivity contribution in [1.82, 2.24) is 5.32 Å². The van der Waals surface area contributed by atoms with Gasteiger partial charge in [0.15, 0.2) is 23.1 Å². The first-order valence-electron chi connectivity index (χ1n) is 7.90. The standard InChI is InChI=1S/C18H20F4N2O2/c1-4-24-18(14-10(20)6-8-12(26-3)16(14)22)17(23)13-9(19)5-7-11(25-2)15(13)21/h5-8,17-18,24H,4,23H2,1-3H3. The molecule has 0 aliphatic rings. The zero-order valence-electron chi connectivity index (χ0n) is 14.6. The van der Waals surface area contributed by atoms with E-state index >= 15 is 0 Å². The summed E-state index contributed by atoms with van der Waals surface area (Å²) in [4.78, 5) is 0. The van der Waals surface area contributed by atoms with E-state index in [0.717, 1.165) is 24.3 Å². The lowest BCUT2D eigenvalue weighted by molar-refractivity contribution is 0.353. The van der Waals surface area contributed by atoms with Crippen LogP contribution in [0.2, 0.25) is 0 Å². The van der Waals surface area contributed by atoms with Gasteiger partial charge >= 0.3 is 0 Å². The van der Waals surface area contributed by atoms with Crippen molar-refractivity contribution in [2.45, 2.75) is 19.0 Å². The van der Waals surface area contributed by atoms with Crippen molar-refractivity contribution in [3.05, 3.63) is 58.7 Å². The maximum atomic E-state index is 14.7. The van der Waals surface area contributed by atoms with E-state index in [-0.39, 0.29) is 18.0 Å². The van der Waals surface area contributed by atoms with Crippen LogP contribution in [-0.2, 0) is 0 Å². The summed E-state index contributed by atoms with van der Waals surface area (Å²) in [5.74, 6) is -4.29. The summed E-state index contributed by atoms with van der Waals surface area (Å²) in [6.07, 6.45) is 0. The Morgan fingerprint density at radius 1 is 0.885 bits per heavy atom. The lowest BCUT2D eigenvalue weighted by Crippen LogP contribution is -2.34. The summed E-state index contributed by atoms with van der Waals surface area (Å²) >= 11 is 0. The minimum atomic E-state index is -1.43. The molecule has 2 aromatic carbocycles. The highest BCUT2D eigenvalue weighted by Crippen LogP contribution is 2.37. The summed E-state index contributed by atoms with van der Waals surface area (Å²) in [5, 5.41) is 2.79. The highest BCUT2D eigenvalue weighted by molar-refractivity contribution is 5.39. The molecule has 0 bridgehead atoms. The molecule has 0 fully saturated rings. The van der Waals surface area contributed by atoms with Crippen LogP contribution >= 0.6 is 0 Å². The van der Waals surface area contributed by atoms with Gasteiger partial charge < -0.3 is 20.5 Å². The number of methoxy groups -OCH3 is 2. The van der Waals surface area contributed by atoms with Gasteiger partial charge in [0.2, 0.25) is 0 Å². The number of hydrogen-bond acceptors (Lipinski definition) is 4. The molecule has 0 aliphatic heterocycles.